The predicted molar refractivity (Wildman–Crippen MR) is 281 cm³/mol. The van der Waals surface area contributed by atoms with Crippen LogP contribution in [0.15, 0.2) is 119 Å². The van der Waals surface area contributed by atoms with E-state index in [-0.39, 0.29) is 59.6 Å². The number of carboxylic acid groups (broad SMARTS) is 2. The van der Waals surface area contributed by atoms with E-state index in [4.69, 9.17) is 9.47 Å². The monoisotopic (exact) mass is 1010 g/mol. The van der Waals surface area contributed by atoms with E-state index >= 15 is 8.78 Å². The largest absolute Gasteiger partial charge is 0.487 e. The van der Waals surface area contributed by atoms with Gasteiger partial charge in [0.05, 0.1) is 33.9 Å². The van der Waals surface area contributed by atoms with Crippen LogP contribution in [0.2, 0.25) is 0 Å². The van der Waals surface area contributed by atoms with Crippen molar-refractivity contribution in [2.45, 2.75) is 39.0 Å². The standard InChI is InChI=1S/2C28H26FN3O4.ClH/c2*1-17-16-36-27-24-21(26(33)22(28(34)35)15-32(17)24)13-23(29)25(27)31-11-9-30(10-12-31)14-19-7-4-6-18-5-2-3-8-20(18)19;/h2*2-8,13,15,17H,9-12,14,16H2,1H3,(H,34,35);1H/t2*17-;/m00./s1. The van der Waals surface area contributed by atoms with Crippen molar-refractivity contribution in [3.8, 4) is 11.5 Å². The Bertz CT molecular complexity index is 3380. The molecular weight excluding hydrogens is 958 g/mol. The Labute approximate surface area is 424 Å². The Morgan fingerprint density at radius 2 is 0.918 bits per heavy atom. The number of hydrogen-bond donors (Lipinski definition) is 2. The minimum atomic E-state index is -1.32. The molecule has 4 aliphatic heterocycles. The lowest BCUT2D eigenvalue weighted by molar-refractivity contribution is 0.0683. The molecule has 0 unspecified atom stereocenters. The topological polar surface area (TPSA) is 150 Å². The van der Waals surface area contributed by atoms with Crippen LogP contribution in [0.25, 0.3) is 43.4 Å². The molecule has 2 N–H and O–H groups in total. The first-order valence-electron chi connectivity index (χ1n) is 24.3. The Balaban J connectivity index is 0.000000165. The number of aromatic nitrogens is 2. The maximum absolute atomic E-state index is 15.5. The summed E-state index contributed by atoms with van der Waals surface area (Å²) in [5.41, 5.74) is 2.01. The highest BCUT2D eigenvalue weighted by Crippen LogP contribution is 2.44. The number of ether oxygens (including phenoxy) is 2. The minimum Gasteiger partial charge on any atom is -0.487 e. The van der Waals surface area contributed by atoms with Crippen molar-refractivity contribution >= 4 is 79.1 Å². The number of rotatable bonds is 8. The van der Waals surface area contributed by atoms with Gasteiger partial charge in [0.1, 0.15) is 35.7 Å². The summed E-state index contributed by atoms with van der Waals surface area (Å²) in [5.74, 6) is -3.14. The van der Waals surface area contributed by atoms with Gasteiger partial charge in [-0.15, -0.1) is 12.4 Å². The van der Waals surface area contributed by atoms with E-state index in [0.717, 1.165) is 39.3 Å². The summed E-state index contributed by atoms with van der Waals surface area (Å²) in [6.45, 7) is 11.4. The molecule has 17 heteroatoms. The number of piperazine rings is 2. The van der Waals surface area contributed by atoms with Crippen molar-refractivity contribution in [2.24, 2.45) is 0 Å². The third-order valence-corrected chi connectivity index (χ3v) is 14.7. The van der Waals surface area contributed by atoms with Crippen molar-refractivity contribution in [2.75, 3.05) is 75.4 Å². The summed E-state index contributed by atoms with van der Waals surface area (Å²) in [4.78, 5) is 57.6. The molecule has 2 aromatic heterocycles. The van der Waals surface area contributed by atoms with Gasteiger partial charge in [0.15, 0.2) is 23.1 Å². The fourth-order valence-electron chi connectivity index (χ4n) is 10.9. The van der Waals surface area contributed by atoms with Gasteiger partial charge in [-0.25, -0.2) is 18.4 Å². The van der Waals surface area contributed by atoms with Crippen LogP contribution in [0.4, 0.5) is 20.2 Å². The van der Waals surface area contributed by atoms with E-state index in [1.54, 1.807) is 9.13 Å². The summed E-state index contributed by atoms with van der Waals surface area (Å²) in [6, 6.07) is 31.4. The number of anilines is 2. The number of benzene rings is 6. The average molecular weight is 1010 g/mol. The molecule has 12 rings (SSSR count). The van der Waals surface area contributed by atoms with Gasteiger partial charge in [0, 0.05) is 77.8 Å². The molecule has 0 amide bonds. The van der Waals surface area contributed by atoms with Crippen molar-refractivity contribution in [1.82, 2.24) is 18.9 Å². The van der Waals surface area contributed by atoms with Crippen LogP contribution >= 0.6 is 12.4 Å². The summed E-state index contributed by atoms with van der Waals surface area (Å²) < 4.78 is 46.5. The molecule has 0 saturated carbocycles. The van der Waals surface area contributed by atoms with Crippen LogP contribution in [-0.2, 0) is 13.1 Å². The third kappa shape index (κ3) is 8.86. The van der Waals surface area contributed by atoms with E-state index in [1.165, 1.54) is 57.2 Å². The predicted octanol–water partition coefficient (Wildman–Crippen LogP) is 8.96. The Morgan fingerprint density at radius 3 is 1.30 bits per heavy atom. The van der Waals surface area contributed by atoms with Crippen LogP contribution in [-0.4, -0.2) is 107 Å². The molecule has 4 aliphatic rings. The lowest BCUT2D eigenvalue weighted by Crippen LogP contribution is -2.46. The molecular formula is C56H53ClF2N6O8. The van der Waals surface area contributed by atoms with Gasteiger partial charge in [-0.2, -0.15) is 0 Å². The maximum Gasteiger partial charge on any atom is 0.341 e. The number of pyridine rings is 2. The number of nitrogens with zero attached hydrogens (tertiary/aromatic N) is 6. The van der Waals surface area contributed by atoms with Crippen LogP contribution < -0.4 is 30.1 Å². The Morgan fingerprint density at radius 1 is 0.548 bits per heavy atom. The minimum absolute atomic E-state index is 0. The highest BCUT2D eigenvalue weighted by molar-refractivity contribution is 5.99. The van der Waals surface area contributed by atoms with Gasteiger partial charge in [-0.05, 0) is 58.7 Å². The normalized spacial score (nSPS) is 17.7. The SMILES string of the molecule is C[C@H]1COc2c(N3CCN(Cc4cccc5ccccc45)CC3)c(F)cc3c(=O)c(C(=O)O)cn1c23.C[C@H]1COc2c(N3CCN(Cc4cccc5ccccc45)CC3)c(F)cc3c(=O)c(C(=O)O)cn1c23.Cl. The summed E-state index contributed by atoms with van der Waals surface area (Å²) in [7, 11) is 0. The summed E-state index contributed by atoms with van der Waals surface area (Å²) in [5, 5.41) is 24.0. The first-order chi connectivity index (χ1) is 34.8. The van der Waals surface area contributed by atoms with E-state index in [2.05, 4.69) is 82.6 Å². The van der Waals surface area contributed by atoms with Crippen molar-refractivity contribution in [3.05, 3.63) is 164 Å². The van der Waals surface area contributed by atoms with E-state index in [1.807, 2.05) is 35.8 Å². The maximum atomic E-state index is 15.5. The fourth-order valence-corrected chi connectivity index (χ4v) is 10.9. The van der Waals surface area contributed by atoms with Gasteiger partial charge in [0.25, 0.3) is 0 Å². The Kier molecular flexibility index (Phi) is 13.3. The first kappa shape index (κ1) is 49.1. The Hall–Kier alpha value is -7.53. The quantitative estimate of drug-likeness (QED) is 0.150. The molecule has 14 nitrogen and oxygen atoms in total. The van der Waals surface area contributed by atoms with Crippen LogP contribution in [0.3, 0.4) is 0 Å². The molecule has 0 bridgehead atoms. The number of halogens is 3. The van der Waals surface area contributed by atoms with Gasteiger partial charge >= 0.3 is 11.9 Å². The molecule has 2 saturated heterocycles. The lowest BCUT2D eigenvalue weighted by Gasteiger charge is -2.38. The number of hydrogen-bond acceptors (Lipinski definition) is 10. The first-order valence-corrected chi connectivity index (χ1v) is 24.3. The molecule has 6 heterocycles. The number of fused-ring (bicyclic) bond motifs is 2. The lowest BCUT2D eigenvalue weighted by atomic mass is 10.0. The van der Waals surface area contributed by atoms with E-state index < -0.39 is 34.4 Å². The molecule has 376 valence electrons. The molecule has 2 atom stereocenters. The molecule has 0 spiro atoms. The zero-order valence-corrected chi connectivity index (χ0v) is 41.0. The van der Waals surface area contributed by atoms with E-state index in [0.29, 0.717) is 60.1 Å². The highest BCUT2D eigenvalue weighted by Gasteiger charge is 2.34. The summed E-state index contributed by atoms with van der Waals surface area (Å²) >= 11 is 0. The molecule has 0 radical (unpaired) electrons. The van der Waals surface area contributed by atoms with Crippen LogP contribution in [0.1, 0.15) is 57.8 Å². The fraction of sp³-hybridized carbons (Fsp3) is 0.286. The molecule has 6 aromatic carbocycles. The van der Waals surface area contributed by atoms with Crippen molar-refractivity contribution in [1.29, 1.82) is 0 Å². The molecule has 8 aromatic rings. The summed E-state index contributed by atoms with van der Waals surface area (Å²) in [6.07, 6.45) is 2.71. The number of carbonyl (C=O) groups is 2. The van der Waals surface area contributed by atoms with Gasteiger partial charge in [0.2, 0.25) is 10.9 Å². The van der Waals surface area contributed by atoms with E-state index in [9.17, 15) is 29.4 Å². The number of carboxylic acids is 2. The second-order valence-corrected chi connectivity index (χ2v) is 19.2. The smallest absolute Gasteiger partial charge is 0.341 e. The van der Waals surface area contributed by atoms with Crippen molar-refractivity contribution < 1.29 is 38.1 Å². The zero-order valence-electron chi connectivity index (χ0n) is 40.2. The molecule has 2 fully saturated rings. The molecule has 73 heavy (non-hydrogen) atoms. The van der Waals surface area contributed by atoms with Crippen LogP contribution in [0, 0.1) is 11.6 Å². The zero-order chi connectivity index (χ0) is 49.9. The second kappa shape index (κ2) is 19.8. The van der Waals surface area contributed by atoms with Crippen molar-refractivity contribution in [3.63, 3.8) is 0 Å². The second-order valence-electron chi connectivity index (χ2n) is 19.2. The van der Waals surface area contributed by atoms with Gasteiger partial charge in [-0.1, -0.05) is 84.9 Å². The molecule has 0 aliphatic carbocycles. The number of aromatic carboxylic acids is 2. The average Bonchev–Trinajstić information content (AvgIpc) is 3.38. The van der Waals surface area contributed by atoms with Gasteiger partial charge < -0.3 is 38.6 Å². The van der Waals surface area contributed by atoms with Gasteiger partial charge in [-0.3, -0.25) is 19.4 Å². The van der Waals surface area contributed by atoms with Crippen LogP contribution in [0.5, 0.6) is 11.5 Å². The highest BCUT2D eigenvalue weighted by atomic mass is 35.5. The third-order valence-electron chi connectivity index (χ3n) is 14.7.